The highest BCUT2D eigenvalue weighted by Crippen LogP contribution is 1.91. The highest BCUT2D eigenvalue weighted by atomic mass is 16.5. The third kappa shape index (κ3) is 8.60. The van der Waals surface area contributed by atoms with E-state index >= 15 is 0 Å². The number of nitrogens with one attached hydrogen (secondary N) is 1. The Morgan fingerprint density at radius 3 is 2.62 bits per heavy atom. The van der Waals surface area contributed by atoms with E-state index < -0.39 is 0 Å². The van der Waals surface area contributed by atoms with Crippen molar-refractivity contribution < 1.29 is 19.0 Å². The first kappa shape index (κ1) is 15.3. The summed E-state index contributed by atoms with van der Waals surface area (Å²) in [5.74, 6) is -0.161. The van der Waals surface area contributed by atoms with Gasteiger partial charge in [0.1, 0.15) is 6.61 Å². The number of rotatable bonds is 10. The third-order valence-corrected chi connectivity index (χ3v) is 1.91. The molecule has 3 N–H and O–H groups in total. The average Bonchev–Trinajstić information content (AvgIpc) is 2.25. The van der Waals surface area contributed by atoms with Gasteiger partial charge in [-0.1, -0.05) is 0 Å². The lowest BCUT2D eigenvalue weighted by atomic mass is 10.2. The lowest BCUT2D eigenvalue weighted by molar-refractivity contribution is -0.127. The van der Waals surface area contributed by atoms with Crippen LogP contribution in [-0.4, -0.2) is 59.1 Å². The van der Waals surface area contributed by atoms with Crippen molar-refractivity contribution in [3.8, 4) is 0 Å². The van der Waals surface area contributed by atoms with Gasteiger partial charge in [-0.3, -0.25) is 4.79 Å². The first-order valence-electron chi connectivity index (χ1n) is 5.29. The Labute approximate surface area is 96.4 Å². The summed E-state index contributed by atoms with van der Waals surface area (Å²) in [6.45, 7) is 1.90. The van der Waals surface area contributed by atoms with Crippen LogP contribution in [0.25, 0.3) is 0 Å². The van der Waals surface area contributed by atoms with Crippen molar-refractivity contribution in [1.82, 2.24) is 5.32 Å². The second kappa shape index (κ2) is 10.8. The lowest BCUT2D eigenvalue weighted by Crippen LogP contribution is -2.41. The molecule has 1 amide bonds. The minimum atomic E-state index is -0.161. The lowest BCUT2D eigenvalue weighted by Gasteiger charge is -2.16. The zero-order valence-electron chi connectivity index (χ0n) is 10.0. The quantitative estimate of drug-likeness (QED) is 0.480. The molecule has 0 aromatic carbocycles. The zero-order chi connectivity index (χ0) is 12.2. The van der Waals surface area contributed by atoms with E-state index in [2.05, 4.69) is 5.32 Å². The largest absolute Gasteiger partial charge is 0.383 e. The zero-order valence-corrected chi connectivity index (χ0v) is 10.0. The van der Waals surface area contributed by atoms with Crippen LogP contribution in [0, 0.1) is 0 Å². The number of carbonyl (C=O) groups excluding carboxylic acids is 1. The molecule has 0 saturated carbocycles. The second-order valence-corrected chi connectivity index (χ2v) is 3.34. The number of amides is 1. The first-order chi connectivity index (χ1) is 7.74. The molecule has 1 unspecified atom stereocenters. The molecule has 0 saturated heterocycles. The molecule has 6 heteroatoms. The van der Waals surface area contributed by atoms with Crippen LogP contribution in [0.1, 0.15) is 6.42 Å². The van der Waals surface area contributed by atoms with Gasteiger partial charge in [0, 0.05) is 14.2 Å². The molecule has 16 heavy (non-hydrogen) atoms. The summed E-state index contributed by atoms with van der Waals surface area (Å²) in [6.07, 6.45) is 0.692. The predicted octanol–water partition coefficient (Wildman–Crippen LogP) is -0.871. The van der Waals surface area contributed by atoms with Crippen LogP contribution >= 0.6 is 0 Å². The molecule has 0 heterocycles. The summed E-state index contributed by atoms with van der Waals surface area (Å²) in [6, 6.07) is -0.0477. The topological polar surface area (TPSA) is 82.8 Å². The van der Waals surface area contributed by atoms with Crippen molar-refractivity contribution in [3.05, 3.63) is 0 Å². The van der Waals surface area contributed by atoms with Crippen LogP contribution in [-0.2, 0) is 19.0 Å². The fraction of sp³-hybridized carbons (Fsp3) is 0.900. The van der Waals surface area contributed by atoms with Gasteiger partial charge < -0.3 is 25.3 Å². The van der Waals surface area contributed by atoms with Crippen LogP contribution in [0.5, 0.6) is 0 Å². The molecule has 0 aliphatic rings. The van der Waals surface area contributed by atoms with E-state index in [1.807, 2.05) is 0 Å². The molecule has 0 aromatic rings. The van der Waals surface area contributed by atoms with Gasteiger partial charge in [-0.15, -0.1) is 0 Å². The highest BCUT2D eigenvalue weighted by molar-refractivity contribution is 5.77. The van der Waals surface area contributed by atoms with Gasteiger partial charge in [0.15, 0.2) is 0 Å². The minimum absolute atomic E-state index is 0.0359. The maximum absolute atomic E-state index is 11.4. The summed E-state index contributed by atoms with van der Waals surface area (Å²) in [5.41, 5.74) is 5.42. The molecule has 96 valence electrons. The van der Waals surface area contributed by atoms with Crippen LogP contribution in [0.15, 0.2) is 0 Å². The summed E-state index contributed by atoms with van der Waals surface area (Å²) in [5, 5.41) is 2.79. The predicted molar refractivity (Wildman–Crippen MR) is 60.2 cm³/mol. The van der Waals surface area contributed by atoms with Gasteiger partial charge in [0.2, 0.25) is 5.91 Å². The Balaban J connectivity index is 3.63. The molecule has 0 aliphatic carbocycles. The summed E-state index contributed by atoms with van der Waals surface area (Å²) in [4.78, 5) is 11.4. The molecular weight excluding hydrogens is 212 g/mol. The molecule has 0 aliphatic heterocycles. The first-order valence-corrected chi connectivity index (χ1v) is 5.29. The number of nitrogens with two attached hydrogens (primary N) is 1. The van der Waals surface area contributed by atoms with Gasteiger partial charge in [0.05, 0.1) is 25.9 Å². The van der Waals surface area contributed by atoms with Gasteiger partial charge in [-0.05, 0) is 13.0 Å². The maximum Gasteiger partial charge on any atom is 0.246 e. The van der Waals surface area contributed by atoms with Crippen molar-refractivity contribution in [2.24, 2.45) is 5.73 Å². The Kier molecular flexibility index (Phi) is 10.3. The van der Waals surface area contributed by atoms with Crippen molar-refractivity contribution in [2.45, 2.75) is 12.5 Å². The second-order valence-electron chi connectivity index (χ2n) is 3.34. The fourth-order valence-electron chi connectivity index (χ4n) is 1.18. The maximum atomic E-state index is 11.4. The number of hydrogen-bond donors (Lipinski definition) is 2. The van der Waals surface area contributed by atoms with Gasteiger partial charge >= 0.3 is 0 Å². The van der Waals surface area contributed by atoms with Crippen LogP contribution in [0.3, 0.4) is 0 Å². The van der Waals surface area contributed by atoms with E-state index in [1.165, 1.54) is 0 Å². The monoisotopic (exact) mass is 234 g/mol. The van der Waals surface area contributed by atoms with Crippen molar-refractivity contribution in [3.63, 3.8) is 0 Å². The van der Waals surface area contributed by atoms with Gasteiger partial charge in [-0.2, -0.15) is 0 Å². The standard InChI is InChI=1S/C10H22N2O4/c1-14-5-6-16-8-10(13)12-9(3-4-11)7-15-2/h9H,3-8,11H2,1-2H3,(H,12,13). The third-order valence-electron chi connectivity index (χ3n) is 1.91. The van der Waals surface area contributed by atoms with E-state index in [1.54, 1.807) is 14.2 Å². The average molecular weight is 234 g/mol. The highest BCUT2D eigenvalue weighted by Gasteiger charge is 2.10. The molecule has 0 aromatic heterocycles. The Hall–Kier alpha value is -0.690. The minimum Gasteiger partial charge on any atom is -0.383 e. The van der Waals surface area contributed by atoms with Crippen molar-refractivity contribution in [1.29, 1.82) is 0 Å². The van der Waals surface area contributed by atoms with Gasteiger partial charge in [-0.25, -0.2) is 0 Å². The Morgan fingerprint density at radius 1 is 1.31 bits per heavy atom. The van der Waals surface area contributed by atoms with E-state index in [4.69, 9.17) is 19.9 Å². The molecule has 0 rings (SSSR count). The van der Waals surface area contributed by atoms with Crippen molar-refractivity contribution >= 4 is 5.91 Å². The molecule has 0 bridgehead atoms. The van der Waals surface area contributed by atoms with Crippen LogP contribution in [0.4, 0.5) is 0 Å². The molecule has 6 nitrogen and oxygen atoms in total. The normalized spacial score (nSPS) is 12.4. The fourth-order valence-corrected chi connectivity index (χ4v) is 1.18. The summed E-state index contributed by atoms with van der Waals surface area (Å²) in [7, 11) is 3.17. The van der Waals surface area contributed by atoms with E-state index in [-0.39, 0.29) is 18.6 Å². The SMILES string of the molecule is COCCOCC(=O)NC(CCN)COC. The Bertz CT molecular complexity index is 172. The Morgan fingerprint density at radius 2 is 2.06 bits per heavy atom. The van der Waals surface area contributed by atoms with E-state index in [9.17, 15) is 4.79 Å². The van der Waals surface area contributed by atoms with Crippen LogP contribution < -0.4 is 11.1 Å². The van der Waals surface area contributed by atoms with E-state index in [0.717, 1.165) is 0 Å². The molecule has 0 spiro atoms. The van der Waals surface area contributed by atoms with Gasteiger partial charge in [0.25, 0.3) is 0 Å². The number of hydrogen-bond acceptors (Lipinski definition) is 5. The van der Waals surface area contributed by atoms with Crippen LogP contribution in [0.2, 0.25) is 0 Å². The number of methoxy groups -OCH3 is 2. The molecule has 0 fully saturated rings. The summed E-state index contributed by atoms with van der Waals surface area (Å²) < 4.78 is 14.8. The molecular formula is C10H22N2O4. The number of ether oxygens (including phenoxy) is 3. The summed E-state index contributed by atoms with van der Waals surface area (Å²) >= 11 is 0. The molecule has 1 atom stereocenters. The van der Waals surface area contributed by atoms with Crippen molar-refractivity contribution in [2.75, 3.05) is 47.2 Å². The smallest absolute Gasteiger partial charge is 0.246 e. The van der Waals surface area contributed by atoms with E-state index in [0.29, 0.717) is 32.8 Å². The number of carbonyl (C=O) groups is 1. The molecule has 0 radical (unpaired) electrons.